The van der Waals surface area contributed by atoms with Gasteiger partial charge in [0.1, 0.15) is 0 Å². The van der Waals surface area contributed by atoms with Crippen LogP contribution >= 0.6 is 11.3 Å². The van der Waals surface area contributed by atoms with Crippen LogP contribution in [0.3, 0.4) is 0 Å². The summed E-state index contributed by atoms with van der Waals surface area (Å²) in [4.78, 5) is 2.67. The second-order valence-corrected chi connectivity index (χ2v) is 5.51. The van der Waals surface area contributed by atoms with Crippen LogP contribution in [0, 0.1) is 0 Å². The van der Waals surface area contributed by atoms with E-state index in [1.807, 2.05) is 29.8 Å². The molecule has 0 aliphatic rings. The van der Waals surface area contributed by atoms with E-state index in [0.29, 0.717) is 0 Å². The quantitative estimate of drug-likeness (QED) is 0.745. The largest absolute Gasteiger partial charge is 0.308 e. The zero-order valence-corrected chi connectivity index (χ0v) is 11.3. The number of nitrogens with one attached hydrogen (secondary N) is 2. The third-order valence-corrected chi connectivity index (χ3v) is 4.04. The molecule has 3 aromatic rings. The highest BCUT2D eigenvalue weighted by atomic mass is 32.1. The number of rotatable bonds is 5. The van der Waals surface area contributed by atoms with Crippen molar-refractivity contribution in [1.29, 1.82) is 0 Å². The van der Waals surface area contributed by atoms with E-state index in [2.05, 4.69) is 51.9 Å². The van der Waals surface area contributed by atoms with Crippen molar-refractivity contribution in [3.63, 3.8) is 0 Å². The summed E-state index contributed by atoms with van der Waals surface area (Å²) in [6.45, 7) is 1.73. The third kappa shape index (κ3) is 3.10. The van der Waals surface area contributed by atoms with Crippen LogP contribution in [-0.2, 0) is 13.1 Å². The Bertz CT molecular complexity index is 614. The van der Waals surface area contributed by atoms with Crippen molar-refractivity contribution in [1.82, 2.24) is 15.5 Å². The van der Waals surface area contributed by atoms with Gasteiger partial charge in [0, 0.05) is 34.6 Å². The van der Waals surface area contributed by atoms with Gasteiger partial charge in [0.15, 0.2) is 0 Å². The first-order valence-electron chi connectivity index (χ1n) is 6.24. The molecule has 0 atom stereocenters. The van der Waals surface area contributed by atoms with E-state index in [0.717, 1.165) is 13.1 Å². The van der Waals surface area contributed by atoms with Gasteiger partial charge in [0.05, 0.1) is 6.20 Å². The van der Waals surface area contributed by atoms with Gasteiger partial charge >= 0.3 is 0 Å². The molecule has 19 heavy (non-hydrogen) atoms. The van der Waals surface area contributed by atoms with Crippen molar-refractivity contribution in [2.24, 2.45) is 0 Å². The van der Waals surface area contributed by atoms with Gasteiger partial charge in [-0.05, 0) is 17.7 Å². The highest BCUT2D eigenvalue weighted by molar-refractivity contribution is 7.15. The molecule has 0 radical (unpaired) electrons. The van der Waals surface area contributed by atoms with Crippen LogP contribution in [0.1, 0.15) is 10.4 Å². The molecular formula is C15H15N3S. The lowest BCUT2D eigenvalue weighted by Crippen LogP contribution is -2.10. The highest BCUT2D eigenvalue weighted by Gasteiger charge is 2.02. The molecule has 2 N–H and O–H groups in total. The Morgan fingerprint density at radius 3 is 2.74 bits per heavy atom. The average molecular weight is 269 g/mol. The van der Waals surface area contributed by atoms with Crippen molar-refractivity contribution in [3.8, 4) is 10.4 Å². The number of hydrogen-bond acceptors (Lipinski definition) is 3. The molecule has 0 fully saturated rings. The smallest absolute Gasteiger partial charge is 0.0532 e. The summed E-state index contributed by atoms with van der Waals surface area (Å²) in [5, 5.41) is 10.2. The maximum Gasteiger partial charge on any atom is 0.0532 e. The highest BCUT2D eigenvalue weighted by Crippen LogP contribution is 2.27. The van der Waals surface area contributed by atoms with E-state index < -0.39 is 0 Å². The van der Waals surface area contributed by atoms with Crippen LogP contribution in [-0.4, -0.2) is 10.2 Å². The predicted octanol–water partition coefficient (Wildman–Crippen LogP) is 3.43. The molecule has 0 bridgehead atoms. The van der Waals surface area contributed by atoms with Gasteiger partial charge in [-0.15, -0.1) is 11.3 Å². The van der Waals surface area contributed by atoms with Crippen molar-refractivity contribution in [2.45, 2.75) is 13.1 Å². The van der Waals surface area contributed by atoms with Crippen LogP contribution in [0.15, 0.2) is 54.9 Å². The molecule has 96 valence electrons. The number of H-pyrrole nitrogens is 1. The van der Waals surface area contributed by atoms with E-state index in [9.17, 15) is 0 Å². The summed E-state index contributed by atoms with van der Waals surface area (Å²) in [6, 6.07) is 14.9. The molecule has 0 aliphatic heterocycles. The molecule has 0 aliphatic carbocycles. The minimum Gasteiger partial charge on any atom is -0.308 e. The van der Waals surface area contributed by atoms with Crippen LogP contribution in [0.5, 0.6) is 0 Å². The summed E-state index contributed by atoms with van der Waals surface area (Å²) in [7, 11) is 0. The number of benzene rings is 1. The van der Waals surface area contributed by atoms with Crippen LogP contribution in [0.25, 0.3) is 10.4 Å². The fraction of sp³-hybridized carbons (Fsp3) is 0.133. The van der Waals surface area contributed by atoms with Crippen LogP contribution < -0.4 is 5.32 Å². The molecule has 0 spiro atoms. The Labute approximate surface area is 116 Å². The first-order valence-corrected chi connectivity index (χ1v) is 7.06. The summed E-state index contributed by atoms with van der Waals surface area (Å²) in [5.41, 5.74) is 2.47. The van der Waals surface area contributed by atoms with Gasteiger partial charge in [-0.3, -0.25) is 5.10 Å². The van der Waals surface area contributed by atoms with Gasteiger partial charge < -0.3 is 5.32 Å². The summed E-state index contributed by atoms with van der Waals surface area (Å²) >= 11 is 1.84. The van der Waals surface area contributed by atoms with Crippen LogP contribution in [0.2, 0.25) is 0 Å². The Hall–Kier alpha value is -1.91. The number of nitrogens with zero attached hydrogens (tertiary/aromatic N) is 1. The first-order chi connectivity index (χ1) is 9.42. The van der Waals surface area contributed by atoms with E-state index >= 15 is 0 Å². The fourth-order valence-corrected chi connectivity index (χ4v) is 2.92. The topological polar surface area (TPSA) is 40.7 Å². The average Bonchev–Trinajstić information content (AvgIpc) is 3.11. The lowest BCUT2D eigenvalue weighted by molar-refractivity contribution is 0.701. The normalized spacial score (nSPS) is 10.7. The molecule has 2 heterocycles. The molecule has 0 amide bonds. The summed E-state index contributed by atoms with van der Waals surface area (Å²) < 4.78 is 0. The minimum atomic E-state index is 0.842. The SMILES string of the molecule is c1ccc(-c2ccc(CNCc3cn[nH]c3)s2)cc1. The monoisotopic (exact) mass is 269 g/mol. The Kier molecular flexibility index (Phi) is 3.72. The second kappa shape index (κ2) is 5.82. The lowest BCUT2D eigenvalue weighted by Gasteiger charge is -2.00. The van der Waals surface area contributed by atoms with E-state index in [1.54, 1.807) is 0 Å². The van der Waals surface area contributed by atoms with Crippen molar-refractivity contribution < 1.29 is 0 Å². The van der Waals surface area contributed by atoms with Crippen molar-refractivity contribution >= 4 is 11.3 Å². The second-order valence-electron chi connectivity index (χ2n) is 4.34. The molecule has 3 nitrogen and oxygen atoms in total. The molecule has 3 rings (SSSR count). The van der Waals surface area contributed by atoms with Gasteiger partial charge in [0.25, 0.3) is 0 Å². The molecular weight excluding hydrogens is 254 g/mol. The standard InChI is InChI=1S/C15H15N3S/c1-2-4-13(5-3-1)15-7-6-14(19-15)11-16-8-12-9-17-18-10-12/h1-7,9-10,16H,8,11H2,(H,17,18). The maximum atomic E-state index is 3.93. The molecule has 1 aromatic carbocycles. The lowest BCUT2D eigenvalue weighted by atomic mass is 10.2. The maximum absolute atomic E-state index is 3.93. The molecule has 2 aromatic heterocycles. The van der Waals surface area contributed by atoms with Crippen molar-refractivity contribution in [2.75, 3.05) is 0 Å². The fourth-order valence-electron chi connectivity index (χ4n) is 1.93. The minimum absolute atomic E-state index is 0.842. The molecule has 0 saturated carbocycles. The van der Waals surface area contributed by atoms with Gasteiger partial charge in [0.2, 0.25) is 0 Å². The zero-order valence-electron chi connectivity index (χ0n) is 10.5. The molecule has 0 saturated heterocycles. The van der Waals surface area contributed by atoms with E-state index in [4.69, 9.17) is 0 Å². The van der Waals surface area contributed by atoms with Crippen molar-refractivity contribution in [3.05, 3.63) is 65.3 Å². The third-order valence-electron chi connectivity index (χ3n) is 2.90. The predicted molar refractivity (Wildman–Crippen MR) is 78.9 cm³/mol. The first kappa shape index (κ1) is 12.1. The Morgan fingerprint density at radius 1 is 1.05 bits per heavy atom. The molecule has 4 heteroatoms. The van der Waals surface area contributed by atoms with Gasteiger partial charge in [-0.2, -0.15) is 5.10 Å². The van der Waals surface area contributed by atoms with Gasteiger partial charge in [-0.1, -0.05) is 30.3 Å². The number of thiophene rings is 1. The van der Waals surface area contributed by atoms with E-state index in [1.165, 1.54) is 20.9 Å². The van der Waals surface area contributed by atoms with E-state index in [-0.39, 0.29) is 0 Å². The Balaban J connectivity index is 1.59. The van der Waals surface area contributed by atoms with Gasteiger partial charge in [-0.25, -0.2) is 0 Å². The van der Waals surface area contributed by atoms with Crippen LogP contribution in [0.4, 0.5) is 0 Å². The Morgan fingerprint density at radius 2 is 1.95 bits per heavy atom. The number of aromatic nitrogens is 2. The molecule has 0 unspecified atom stereocenters. The summed E-state index contributed by atoms with van der Waals surface area (Å²) in [6.07, 6.45) is 3.76. The zero-order chi connectivity index (χ0) is 12.9. The number of aromatic amines is 1. The number of hydrogen-bond donors (Lipinski definition) is 2. The summed E-state index contributed by atoms with van der Waals surface area (Å²) in [5.74, 6) is 0.